The lowest BCUT2D eigenvalue weighted by molar-refractivity contribution is 0.100. The van der Waals surface area contributed by atoms with Crippen molar-refractivity contribution in [3.05, 3.63) is 82.1 Å². The van der Waals surface area contributed by atoms with Gasteiger partial charge in [-0.05, 0) is 47.5 Å². The fourth-order valence-corrected chi connectivity index (χ4v) is 2.95. The molecule has 0 aliphatic heterocycles. The van der Waals surface area contributed by atoms with Crippen molar-refractivity contribution in [2.45, 2.75) is 6.54 Å². The first-order valence-corrected chi connectivity index (χ1v) is 8.33. The summed E-state index contributed by atoms with van der Waals surface area (Å²) < 4.78 is 0. The molecular weight excluding hydrogens is 357 g/mol. The number of primary amides is 1. The van der Waals surface area contributed by atoms with Crippen LogP contribution in [0.3, 0.4) is 0 Å². The molecule has 4 nitrogen and oxygen atoms in total. The first-order chi connectivity index (χ1) is 12.1. The van der Waals surface area contributed by atoms with Gasteiger partial charge >= 0.3 is 0 Å². The maximum Gasteiger partial charge on any atom is 0.250 e. The zero-order chi connectivity index (χ0) is 17.8. The number of hydrogen-bond donors (Lipinski definition) is 2. The van der Waals surface area contributed by atoms with Gasteiger partial charge in [0.1, 0.15) is 0 Å². The standard InChI is InChI=1S/C19H15Cl2N3O/c20-14-3-1-13(2-4-14)17-16(21)6-5-15(19(22)25)18(17)24-11-12-7-9-23-10-8-12/h1-10,24H,11H2,(H2,22,25). The number of aromatic nitrogens is 1. The Morgan fingerprint density at radius 3 is 2.32 bits per heavy atom. The number of rotatable bonds is 5. The normalized spacial score (nSPS) is 10.5. The Labute approximate surface area is 155 Å². The second-order valence-electron chi connectivity index (χ2n) is 5.43. The van der Waals surface area contributed by atoms with Crippen molar-refractivity contribution >= 4 is 34.8 Å². The number of amides is 1. The van der Waals surface area contributed by atoms with Crippen LogP contribution < -0.4 is 11.1 Å². The molecule has 0 bridgehead atoms. The third-order valence-corrected chi connectivity index (χ3v) is 4.34. The lowest BCUT2D eigenvalue weighted by Gasteiger charge is -2.17. The lowest BCUT2D eigenvalue weighted by atomic mass is 9.99. The van der Waals surface area contributed by atoms with E-state index in [2.05, 4.69) is 10.3 Å². The Kier molecular flexibility index (Phi) is 5.22. The molecule has 1 heterocycles. The molecule has 3 N–H and O–H groups in total. The van der Waals surface area contributed by atoms with Crippen LogP contribution >= 0.6 is 23.2 Å². The van der Waals surface area contributed by atoms with E-state index in [-0.39, 0.29) is 0 Å². The van der Waals surface area contributed by atoms with Crippen LogP contribution in [0.25, 0.3) is 11.1 Å². The van der Waals surface area contributed by atoms with Gasteiger partial charge in [-0.25, -0.2) is 0 Å². The molecule has 0 atom stereocenters. The molecule has 0 spiro atoms. The molecule has 126 valence electrons. The molecule has 3 aromatic rings. The van der Waals surface area contributed by atoms with Gasteiger partial charge in [-0.1, -0.05) is 35.3 Å². The summed E-state index contributed by atoms with van der Waals surface area (Å²) in [6, 6.07) is 14.3. The minimum Gasteiger partial charge on any atom is -0.380 e. The molecule has 0 unspecified atom stereocenters. The maximum absolute atomic E-state index is 11.9. The average molecular weight is 372 g/mol. The number of nitrogens with zero attached hydrogens (tertiary/aromatic N) is 1. The number of nitrogens with two attached hydrogens (primary N) is 1. The van der Waals surface area contributed by atoms with Crippen LogP contribution in [0.2, 0.25) is 10.0 Å². The van der Waals surface area contributed by atoms with Crippen LogP contribution in [0, 0.1) is 0 Å². The van der Waals surface area contributed by atoms with E-state index < -0.39 is 5.91 Å². The molecule has 0 radical (unpaired) electrons. The fourth-order valence-electron chi connectivity index (χ4n) is 2.56. The molecule has 0 aliphatic carbocycles. The summed E-state index contributed by atoms with van der Waals surface area (Å²) >= 11 is 12.4. The van der Waals surface area contributed by atoms with Gasteiger partial charge in [0, 0.05) is 29.5 Å². The van der Waals surface area contributed by atoms with Crippen molar-refractivity contribution in [1.82, 2.24) is 4.98 Å². The van der Waals surface area contributed by atoms with E-state index >= 15 is 0 Å². The molecule has 0 aliphatic rings. The van der Waals surface area contributed by atoms with Crippen molar-refractivity contribution in [1.29, 1.82) is 0 Å². The quantitative estimate of drug-likeness (QED) is 0.678. The van der Waals surface area contributed by atoms with E-state index in [0.29, 0.717) is 33.4 Å². The Balaban J connectivity index is 2.07. The second kappa shape index (κ2) is 7.55. The van der Waals surface area contributed by atoms with Crippen LogP contribution in [0.15, 0.2) is 60.9 Å². The molecule has 6 heteroatoms. The second-order valence-corrected chi connectivity index (χ2v) is 6.27. The summed E-state index contributed by atoms with van der Waals surface area (Å²) in [6.45, 7) is 0.504. The highest BCUT2D eigenvalue weighted by atomic mass is 35.5. The predicted octanol–water partition coefficient (Wildman–Crippen LogP) is 4.77. The van der Waals surface area contributed by atoms with Gasteiger partial charge in [-0.3, -0.25) is 9.78 Å². The number of anilines is 1. The minimum absolute atomic E-state index is 0.378. The Hall–Kier alpha value is -2.56. The Bertz CT molecular complexity index is 897. The van der Waals surface area contributed by atoms with Crippen molar-refractivity contribution in [2.24, 2.45) is 5.73 Å². The van der Waals surface area contributed by atoms with Crippen molar-refractivity contribution in [3.63, 3.8) is 0 Å². The highest BCUT2D eigenvalue weighted by Gasteiger charge is 2.17. The van der Waals surface area contributed by atoms with Crippen molar-refractivity contribution < 1.29 is 4.79 Å². The van der Waals surface area contributed by atoms with Crippen LogP contribution in [0.5, 0.6) is 0 Å². The Morgan fingerprint density at radius 2 is 1.68 bits per heavy atom. The van der Waals surface area contributed by atoms with Gasteiger partial charge in [-0.2, -0.15) is 0 Å². The zero-order valence-electron chi connectivity index (χ0n) is 13.2. The van der Waals surface area contributed by atoms with E-state index in [1.807, 2.05) is 24.3 Å². The average Bonchev–Trinajstić information content (AvgIpc) is 2.61. The molecule has 1 amide bonds. The minimum atomic E-state index is -0.524. The lowest BCUT2D eigenvalue weighted by Crippen LogP contribution is -2.15. The molecule has 0 saturated heterocycles. The first-order valence-electron chi connectivity index (χ1n) is 7.57. The largest absolute Gasteiger partial charge is 0.380 e. The van der Waals surface area contributed by atoms with E-state index in [1.165, 1.54) is 0 Å². The molecular formula is C19H15Cl2N3O. The van der Waals surface area contributed by atoms with E-state index in [9.17, 15) is 4.79 Å². The zero-order valence-corrected chi connectivity index (χ0v) is 14.7. The van der Waals surface area contributed by atoms with Crippen LogP contribution in [0.4, 0.5) is 5.69 Å². The predicted molar refractivity (Wildman–Crippen MR) is 102 cm³/mol. The number of halogens is 2. The summed E-state index contributed by atoms with van der Waals surface area (Å²) in [4.78, 5) is 15.9. The summed E-state index contributed by atoms with van der Waals surface area (Å²) in [5, 5.41) is 4.43. The molecule has 1 aromatic heterocycles. The molecule has 0 fully saturated rings. The third kappa shape index (κ3) is 3.92. The van der Waals surface area contributed by atoms with Gasteiger partial charge in [0.2, 0.25) is 0 Å². The number of nitrogens with one attached hydrogen (secondary N) is 1. The topological polar surface area (TPSA) is 68.0 Å². The molecule has 2 aromatic carbocycles. The number of benzene rings is 2. The third-order valence-electron chi connectivity index (χ3n) is 3.77. The van der Waals surface area contributed by atoms with Gasteiger partial charge in [0.25, 0.3) is 5.91 Å². The maximum atomic E-state index is 11.9. The van der Waals surface area contributed by atoms with Crippen LogP contribution in [-0.4, -0.2) is 10.9 Å². The van der Waals surface area contributed by atoms with Gasteiger partial charge in [0.15, 0.2) is 0 Å². The summed E-state index contributed by atoms with van der Waals surface area (Å²) in [6.07, 6.45) is 3.42. The highest BCUT2D eigenvalue weighted by Crippen LogP contribution is 2.38. The van der Waals surface area contributed by atoms with Gasteiger partial charge < -0.3 is 11.1 Å². The van der Waals surface area contributed by atoms with E-state index in [0.717, 1.165) is 11.1 Å². The number of carbonyl (C=O) groups is 1. The smallest absolute Gasteiger partial charge is 0.250 e. The van der Waals surface area contributed by atoms with E-state index in [4.69, 9.17) is 28.9 Å². The van der Waals surface area contributed by atoms with Gasteiger partial charge in [-0.15, -0.1) is 0 Å². The van der Waals surface area contributed by atoms with Crippen LogP contribution in [0.1, 0.15) is 15.9 Å². The molecule has 3 rings (SSSR count). The van der Waals surface area contributed by atoms with Crippen molar-refractivity contribution in [2.75, 3.05) is 5.32 Å². The highest BCUT2D eigenvalue weighted by molar-refractivity contribution is 6.34. The first kappa shape index (κ1) is 17.3. The number of carbonyl (C=O) groups excluding carboxylic acids is 1. The van der Waals surface area contributed by atoms with Gasteiger partial charge in [0.05, 0.1) is 16.3 Å². The molecule has 25 heavy (non-hydrogen) atoms. The molecule has 0 saturated carbocycles. The van der Waals surface area contributed by atoms with E-state index in [1.54, 1.807) is 36.7 Å². The number of hydrogen-bond acceptors (Lipinski definition) is 3. The SMILES string of the molecule is NC(=O)c1ccc(Cl)c(-c2ccc(Cl)cc2)c1NCc1ccncc1. The fraction of sp³-hybridized carbons (Fsp3) is 0.0526. The van der Waals surface area contributed by atoms with Crippen molar-refractivity contribution in [3.8, 4) is 11.1 Å². The number of pyridine rings is 1. The summed E-state index contributed by atoms with van der Waals surface area (Å²) in [5.41, 5.74) is 9.10. The monoisotopic (exact) mass is 371 g/mol. The van der Waals surface area contributed by atoms with Crippen LogP contribution in [-0.2, 0) is 6.54 Å². The Morgan fingerprint density at radius 1 is 1.00 bits per heavy atom. The summed E-state index contributed by atoms with van der Waals surface area (Å²) in [7, 11) is 0. The summed E-state index contributed by atoms with van der Waals surface area (Å²) in [5.74, 6) is -0.524.